The van der Waals surface area contributed by atoms with E-state index in [1.54, 1.807) is 0 Å². The van der Waals surface area contributed by atoms with Crippen molar-refractivity contribution in [1.82, 2.24) is 4.90 Å². The summed E-state index contributed by atoms with van der Waals surface area (Å²) in [5.41, 5.74) is 6.63. The molecule has 1 amide bonds. The van der Waals surface area contributed by atoms with Gasteiger partial charge in [0.1, 0.15) is 12.4 Å². The predicted octanol–water partition coefficient (Wildman–Crippen LogP) is 3.16. The zero-order valence-corrected chi connectivity index (χ0v) is 14.8. The van der Waals surface area contributed by atoms with Crippen LogP contribution in [0.2, 0.25) is 0 Å². The number of benzene rings is 1. The van der Waals surface area contributed by atoms with Crippen LogP contribution in [0.25, 0.3) is 0 Å². The maximum absolute atomic E-state index is 12.7. The molecule has 128 valence electrons. The Morgan fingerprint density at radius 3 is 2.61 bits per heavy atom. The highest BCUT2D eigenvalue weighted by atomic mass is 16.5. The molecule has 0 radical (unpaired) electrons. The minimum Gasteiger partial charge on any atom is -0.492 e. The molecule has 0 spiro atoms. The van der Waals surface area contributed by atoms with Crippen LogP contribution in [0.4, 0.5) is 0 Å². The van der Waals surface area contributed by atoms with Crippen molar-refractivity contribution in [3.05, 3.63) is 29.8 Å². The lowest BCUT2D eigenvalue weighted by atomic mass is 9.91. The Balaban J connectivity index is 1.95. The van der Waals surface area contributed by atoms with Crippen LogP contribution in [0.1, 0.15) is 52.0 Å². The first-order valence-electron chi connectivity index (χ1n) is 8.57. The standard InChI is InChI=1S/C19H30N2O2/c1-14(2)15-6-5-7-17(12-15)23-13-19(3,4)18(22)21-10-8-16(20)9-11-21/h5-7,12,14,16H,8-11,13,20H2,1-4H3. The normalized spacial score (nSPS) is 16.7. The van der Waals surface area contributed by atoms with Gasteiger partial charge in [-0.2, -0.15) is 0 Å². The molecule has 4 heteroatoms. The van der Waals surface area contributed by atoms with E-state index in [4.69, 9.17) is 10.5 Å². The van der Waals surface area contributed by atoms with Gasteiger partial charge in [0.25, 0.3) is 0 Å². The van der Waals surface area contributed by atoms with E-state index in [-0.39, 0.29) is 11.9 Å². The van der Waals surface area contributed by atoms with Gasteiger partial charge in [-0.3, -0.25) is 4.79 Å². The second kappa shape index (κ2) is 7.35. The number of hydrogen-bond donors (Lipinski definition) is 1. The average molecular weight is 318 g/mol. The molecule has 1 aliphatic rings. The first-order chi connectivity index (χ1) is 10.8. The molecule has 0 aromatic heterocycles. The molecule has 1 aliphatic heterocycles. The molecule has 1 aromatic carbocycles. The summed E-state index contributed by atoms with van der Waals surface area (Å²) in [5, 5.41) is 0. The molecule has 1 saturated heterocycles. The van der Waals surface area contributed by atoms with Crippen LogP contribution in [-0.2, 0) is 4.79 Å². The summed E-state index contributed by atoms with van der Waals surface area (Å²) in [7, 11) is 0. The van der Waals surface area contributed by atoms with Crippen LogP contribution in [0.5, 0.6) is 5.75 Å². The van der Waals surface area contributed by atoms with Gasteiger partial charge in [-0.25, -0.2) is 0 Å². The van der Waals surface area contributed by atoms with Gasteiger partial charge in [0.05, 0.1) is 5.41 Å². The highest BCUT2D eigenvalue weighted by Gasteiger charge is 2.34. The van der Waals surface area contributed by atoms with E-state index in [9.17, 15) is 4.79 Å². The zero-order valence-electron chi connectivity index (χ0n) is 14.8. The van der Waals surface area contributed by atoms with Crippen LogP contribution in [0.3, 0.4) is 0 Å². The van der Waals surface area contributed by atoms with Crippen molar-refractivity contribution in [1.29, 1.82) is 0 Å². The van der Waals surface area contributed by atoms with Gasteiger partial charge in [-0.15, -0.1) is 0 Å². The third-order valence-corrected chi connectivity index (χ3v) is 4.53. The van der Waals surface area contributed by atoms with Crippen molar-refractivity contribution < 1.29 is 9.53 Å². The fraction of sp³-hybridized carbons (Fsp3) is 0.632. The maximum Gasteiger partial charge on any atom is 0.231 e. The number of piperidine rings is 1. The Morgan fingerprint density at radius 1 is 1.35 bits per heavy atom. The molecule has 0 bridgehead atoms. The molecule has 4 nitrogen and oxygen atoms in total. The van der Waals surface area contributed by atoms with E-state index < -0.39 is 5.41 Å². The number of rotatable bonds is 5. The number of hydrogen-bond acceptors (Lipinski definition) is 3. The van der Waals surface area contributed by atoms with Crippen LogP contribution in [0.15, 0.2) is 24.3 Å². The first kappa shape index (κ1) is 17.8. The van der Waals surface area contributed by atoms with Crippen LogP contribution in [-0.4, -0.2) is 36.5 Å². The van der Waals surface area contributed by atoms with Crippen molar-refractivity contribution in [2.45, 2.75) is 52.5 Å². The lowest BCUT2D eigenvalue weighted by Gasteiger charge is -2.36. The molecule has 0 atom stereocenters. The van der Waals surface area contributed by atoms with Crippen LogP contribution in [0, 0.1) is 5.41 Å². The average Bonchev–Trinajstić information content (AvgIpc) is 2.53. The van der Waals surface area contributed by atoms with Gasteiger partial charge in [0.15, 0.2) is 0 Å². The molecule has 1 heterocycles. The van der Waals surface area contributed by atoms with Gasteiger partial charge in [0.2, 0.25) is 5.91 Å². The Bertz CT molecular complexity index is 532. The Morgan fingerprint density at radius 2 is 2.00 bits per heavy atom. The molecule has 1 fully saturated rings. The summed E-state index contributed by atoms with van der Waals surface area (Å²) >= 11 is 0. The largest absolute Gasteiger partial charge is 0.492 e. The van der Waals surface area contributed by atoms with Gasteiger partial charge >= 0.3 is 0 Å². The fourth-order valence-corrected chi connectivity index (χ4v) is 2.82. The predicted molar refractivity (Wildman–Crippen MR) is 93.6 cm³/mol. The number of nitrogens with two attached hydrogens (primary N) is 1. The highest BCUT2D eigenvalue weighted by Crippen LogP contribution is 2.25. The first-order valence-corrected chi connectivity index (χ1v) is 8.57. The van der Waals surface area contributed by atoms with Crippen molar-refractivity contribution >= 4 is 5.91 Å². The Hall–Kier alpha value is -1.55. The number of carbonyl (C=O) groups is 1. The zero-order chi connectivity index (χ0) is 17.0. The Labute approximate surface area is 140 Å². The summed E-state index contributed by atoms with van der Waals surface area (Å²) in [6.45, 7) is 10.1. The summed E-state index contributed by atoms with van der Waals surface area (Å²) in [6.07, 6.45) is 1.78. The summed E-state index contributed by atoms with van der Waals surface area (Å²) < 4.78 is 5.92. The second-order valence-corrected chi connectivity index (χ2v) is 7.53. The molecule has 2 rings (SSSR count). The van der Waals surface area contributed by atoms with E-state index in [0.29, 0.717) is 12.5 Å². The van der Waals surface area contributed by atoms with Crippen molar-refractivity contribution in [3.63, 3.8) is 0 Å². The molecule has 0 unspecified atom stereocenters. The van der Waals surface area contributed by atoms with Gasteiger partial charge < -0.3 is 15.4 Å². The van der Waals surface area contributed by atoms with E-state index >= 15 is 0 Å². The summed E-state index contributed by atoms with van der Waals surface area (Å²) in [6, 6.07) is 8.35. The smallest absolute Gasteiger partial charge is 0.231 e. The monoisotopic (exact) mass is 318 g/mol. The van der Waals surface area contributed by atoms with Crippen molar-refractivity contribution in [3.8, 4) is 5.75 Å². The van der Waals surface area contributed by atoms with E-state index in [1.165, 1.54) is 5.56 Å². The molecule has 0 saturated carbocycles. The minimum absolute atomic E-state index is 0.157. The number of ether oxygens (including phenoxy) is 1. The van der Waals surface area contributed by atoms with Gasteiger partial charge in [-0.1, -0.05) is 26.0 Å². The SMILES string of the molecule is CC(C)c1cccc(OCC(C)(C)C(=O)N2CCC(N)CC2)c1. The lowest BCUT2D eigenvalue weighted by Crippen LogP contribution is -2.49. The summed E-state index contributed by atoms with van der Waals surface area (Å²) in [4.78, 5) is 14.7. The van der Waals surface area contributed by atoms with Crippen LogP contribution < -0.4 is 10.5 Å². The Kier molecular flexibility index (Phi) is 5.69. The van der Waals surface area contributed by atoms with Crippen molar-refractivity contribution in [2.75, 3.05) is 19.7 Å². The molecular weight excluding hydrogens is 288 g/mol. The van der Waals surface area contributed by atoms with Gasteiger partial charge in [-0.05, 0) is 50.3 Å². The number of amides is 1. The maximum atomic E-state index is 12.7. The third-order valence-electron chi connectivity index (χ3n) is 4.53. The summed E-state index contributed by atoms with van der Waals surface area (Å²) in [5.74, 6) is 1.45. The number of nitrogens with zero attached hydrogens (tertiary/aromatic N) is 1. The van der Waals surface area contributed by atoms with Crippen LogP contribution >= 0.6 is 0 Å². The molecular formula is C19H30N2O2. The molecule has 0 aliphatic carbocycles. The quantitative estimate of drug-likeness (QED) is 0.907. The highest BCUT2D eigenvalue weighted by molar-refractivity contribution is 5.82. The lowest BCUT2D eigenvalue weighted by molar-refractivity contribution is -0.143. The van der Waals surface area contributed by atoms with E-state index in [1.807, 2.05) is 30.9 Å². The van der Waals surface area contributed by atoms with Crippen molar-refractivity contribution in [2.24, 2.45) is 11.1 Å². The fourth-order valence-electron chi connectivity index (χ4n) is 2.82. The third kappa shape index (κ3) is 4.71. The molecule has 2 N–H and O–H groups in total. The van der Waals surface area contributed by atoms with E-state index in [0.717, 1.165) is 31.7 Å². The number of carbonyl (C=O) groups excluding carboxylic acids is 1. The molecule has 23 heavy (non-hydrogen) atoms. The molecule has 1 aromatic rings. The topological polar surface area (TPSA) is 55.6 Å². The number of likely N-dealkylation sites (tertiary alicyclic amines) is 1. The van der Waals surface area contributed by atoms with Gasteiger partial charge in [0, 0.05) is 19.1 Å². The van der Waals surface area contributed by atoms with E-state index in [2.05, 4.69) is 26.0 Å². The second-order valence-electron chi connectivity index (χ2n) is 7.53. The minimum atomic E-state index is -0.532.